The van der Waals surface area contributed by atoms with Crippen LogP contribution in [0.4, 0.5) is 4.39 Å². The van der Waals surface area contributed by atoms with E-state index in [1.165, 1.54) is 12.1 Å². The summed E-state index contributed by atoms with van der Waals surface area (Å²) in [5.74, 6) is -0.730. The van der Waals surface area contributed by atoms with Gasteiger partial charge < -0.3 is 15.9 Å². The molecule has 16 heavy (non-hydrogen) atoms. The lowest BCUT2D eigenvalue weighted by Gasteiger charge is -2.19. The first-order valence-electron chi connectivity index (χ1n) is 4.98. The average Bonchev–Trinajstić information content (AvgIpc) is 2.17. The Kier molecular flexibility index (Phi) is 6.33. The molecule has 1 aromatic carbocycles. The SMILES string of the molecule is CCC[C@H](O)[C@H](N)c1ccc(O)cc1F.Cl. The van der Waals surface area contributed by atoms with Crippen LogP contribution in [0.25, 0.3) is 0 Å². The Morgan fingerprint density at radius 3 is 2.56 bits per heavy atom. The number of aliphatic hydroxyl groups excluding tert-OH is 1. The summed E-state index contributed by atoms with van der Waals surface area (Å²) in [6, 6.07) is 3.00. The number of aliphatic hydroxyl groups is 1. The molecule has 0 unspecified atom stereocenters. The molecule has 92 valence electrons. The van der Waals surface area contributed by atoms with Crippen LogP contribution in [0, 0.1) is 5.82 Å². The van der Waals surface area contributed by atoms with Gasteiger partial charge in [0, 0.05) is 11.6 Å². The normalized spacial score (nSPS) is 14.0. The molecule has 0 saturated carbocycles. The zero-order chi connectivity index (χ0) is 11.4. The fraction of sp³-hybridized carbons (Fsp3) is 0.455. The molecule has 0 bridgehead atoms. The van der Waals surface area contributed by atoms with Crippen LogP contribution in [0.5, 0.6) is 5.75 Å². The summed E-state index contributed by atoms with van der Waals surface area (Å²) in [5.41, 5.74) is 5.93. The molecule has 3 nitrogen and oxygen atoms in total. The molecule has 0 aliphatic rings. The van der Waals surface area contributed by atoms with E-state index in [9.17, 15) is 9.50 Å². The first-order chi connectivity index (χ1) is 7.06. The van der Waals surface area contributed by atoms with Crippen LogP contribution < -0.4 is 5.73 Å². The topological polar surface area (TPSA) is 66.5 Å². The Morgan fingerprint density at radius 1 is 1.44 bits per heavy atom. The maximum absolute atomic E-state index is 13.4. The van der Waals surface area contributed by atoms with E-state index in [4.69, 9.17) is 10.8 Å². The number of phenolic OH excluding ortho intramolecular Hbond substituents is 1. The predicted molar refractivity (Wildman–Crippen MR) is 63.2 cm³/mol. The summed E-state index contributed by atoms with van der Waals surface area (Å²) in [6.07, 6.45) is 0.560. The monoisotopic (exact) mass is 249 g/mol. The molecule has 0 saturated heterocycles. The minimum atomic E-state index is -0.756. The molecule has 5 heteroatoms. The van der Waals surface area contributed by atoms with Gasteiger partial charge in [0.05, 0.1) is 12.1 Å². The van der Waals surface area contributed by atoms with Gasteiger partial charge in [-0.05, 0) is 12.5 Å². The van der Waals surface area contributed by atoms with E-state index in [1.807, 2.05) is 6.92 Å². The predicted octanol–water partition coefficient (Wildman–Crippen LogP) is 2.11. The molecular weight excluding hydrogens is 233 g/mol. The minimum Gasteiger partial charge on any atom is -0.508 e. The van der Waals surface area contributed by atoms with Crippen molar-refractivity contribution < 1.29 is 14.6 Å². The van der Waals surface area contributed by atoms with Gasteiger partial charge in [0.25, 0.3) is 0 Å². The zero-order valence-electron chi connectivity index (χ0n) is 9.06. The van der Waals surface area contributed by atoms with E-state index in [2.05, 4.69) is 0 Å². The zero-order valence-corrected chi connectivity index (χ0v) is 9.88. The van der Waals surface area contributed by atoms with Crippen LogP contribution >= 0.6 is 12.4 Å². The molecule has 0 aliphatic carbocycles. The second-order valence-corrected chi connectivity index (χ2v) is 3.59. The Labute approximate surface area is 101 Å². The standard InChI is InChI=1S/C11H16FNO2.ClH/c1-2-3-10(15)11(13)8-5-4-7(14)6-9(8)12;/h4-6,10-11,14-15H,2-3,13H2,1H3;1H/t10-,11+;/m0./s1. The lowest BCUT2D eigenvalue weighted by atomic mass is 9.98. The van der Waals surface area contributed by atoms with Gasteiger partial charge >= 0.3 is 0 Å². The molecule has 2 atom stereocenters. The van der Waals surface area contributed by atoms with Crippen molar-refractivity contribution in [2.75, 3.05) is 0 Å². The van der Waals surface area contributed by atoms with E-state index in [-0.39, 0.29) is 23.7 Å². The third-order valence-electron chi connectivity index (χ3n) is 2.34. The fourth-order valence-electron chi connectivity index (χ4n) is 1.47. The van der Waals surface area contributed by atoms with E-state index >= 15 is 0 Å². The van der Waals surface area contributed by atoms with Crippen LogP contribution in [0.2, 0.25) is 0 Å². The second-order valence-electron chi connectivity index (χ2n) is 3.59. The fourth-order valence-corrected chi connectivity index (χ4v) is 1.47. The number of phenols is 1. The number of aromatic hydroxyl groups is 1. The first kappa shape index (κ1) is 15.2. The van der Waals surface area contributed by atoms with Gasteiger partial charge in [0.1, 0.15) is 11.6 Å². The number of rotatable bonds is 4. The maximum Gasteiger partial charge on any atom is 0.131 e. The Morgan fingerprint density at radius 2 is 2.06 bits per heavy atom. The van der Waals surface area contributed by atoms with E-state index in [1.54, 1.807) is 0 Å². The van der Waals surface area contributed by atoms with E-state index in [0.717, 1.165) is 12.5 Å². The molecule has 0 spiro atoms. The van der Waals surface area contributed by atoms with Crippen molar-refractivity contribution in [2.45, 2.75) is 31.9 Å². The van der Waals surface area contributed by atoms with E-state index in [0.29, 0.717) is 6.42 Å². The number of hydrogen-bond acceptors (Lipinski definition) is 3. The van der Waals surface area contributed by atoms with Gasteiger partial charge in [-0.15, -0.1) is 12.4 Å². The highest BCUT2D eigenvalue weighted by molar-refractivity contribution is 5.85. The average molecular weight is 250 g/mol. The maximum atomic E-state index is 13.4. The van der Waals surface area contributed by atoms with E-state index < -0.39 is 18.0 Å². The molecule has 0 heterocycles. The lowest BCUT2D eigenvalue weighted by Crippen LogP contribution is -2.26. The highest BCUT2D eigenvalue weighted by atomic mass is 35.5. The van der Waals surface area contributed by atoms with Gasteiger partial charge in [-0.1, -0.05) is 19.4 Å². The summed E-state index contributed by atoms with van der Waals surface area (Å²) >= 11 is 0. The van der Waals surface area contributed by atoms with Crippen LogP contribution in [0.1, 0.15) is 31.4 Å². The van der Waals surface area contributed by atoms with Crippen molar-refractivity contribution in [1.82, 2.24) is 0 Å². The Hall–Kier alpha value is -0.840. The highest BCUT2D eigenvalue weighted by Crippen LogP contribution is 2.23. The molecule has 0 aromatic heterocycles. The summed E-state index contributed by atoms with van der Waals surface area (Å²) < 4.78 is 13.4. The Balaban J connectivity index is 0.00000225. The second kappa shape index (κ2) is 6.68. The first-order valence-corrected chi connectivity index (χ1v) is 4.98. The number of benzene rings is 1. The van der Waals surface area contributed by atoms with Gasteiger partial charge in [0.2, 0.25) is 0 Å². The number of hydrogen-bond donors (Lipinski definition) is 3. The Bertz CT molecular complexity index is 336. The van der Waals surface area contributed by atoms with Crippen LogP contribution in [0.15, 0.2) is 18.2 Å². The third kappa shape index (κ3) is 3.63. The van der Waals surface area contributed by atoms with Gasteiger partial charge in [-0.25, -0.2) is 4.39 Å². The summed E-state index contributed by atoms with van der Waals surface area (Å²) in [4.78, 5) is 0. The minimum absolute atomic E-state index is 0. The number of halogens is 2. The van der Waals surface area contributed by atoms with Gasteiger partial charge in [0.15, 0.2) is 0 Å². The smallest absolute Gasteiger partial charge is 0.131 e. The summed E-state index contributed by atoms with van der Waals surface area (Å²) in [5, 5.41) is 18.6. The largest absolute Gasteiger partial charge is 0.508 e. The molecule has 4 N–H and O–H groups in total. The molecule has 0 fully saturated rings. The third-order valence-corrected chi connectivity index (χ3v) is 2.34. The summed E-state index contributed by atoms with van der Waals surface area (Å²) in [7, 11) is 0. The van der Waals surface area contributed by atoms with Crippen LogP contribution in [0.3, 0.4) is 0 Å². The van der Waals surface area contributed by atoms with Crippen LogP contribution in [-0.2, 0) is 0 Å². The quantitative estimate of drug-likeness (QED) is 0.766. The van der Waals surface area contributed by atoms with Gasteiger partial charge in [-0.3, -0.25) is 0 Å². The number of nitrogens with two attached hydrogens (primary N) is 1. The molecule has 0 radical (unpaired) electrons. The molecule has 0 aliphatic heterocycles. The highest BCUT2D eigenvalue weighted by Gasteiger charge is 2.19. The van der Waals surface area contributed by atoms with Gasteiger partial charge in [-0.2, -0.15) is 0 Å². The molecular formula is C11H17ClFNO2. The lowest BCUT2D eigenvalue weighted by molar-refractivity contribution is 0.133. The molecule has 1 rings (SSSR count). The van der Waals surface area contributed by atoms with Crippen molar-refractivity contribution >= 4 is 12.4 Å². The van der Waals surface area contributed by atoms with Crippen molar-refractivity contribution in [1.29, 1.82) is 0 Å². The van der Waals surface area contributed by atoms with Crippen molar-refractivity contribution in [3.8, 4) is 5.75 Å². The molecule has 0 amide bonds. The van der Waals surface area contributed by atoms with Crippen molar-refractivity contribution in [2.24, 2.45) is 5.73 Å². The van der Waals surface area contributed by atoms with Crippen molar-refractivity contribution in [3.63, 3.8) is 0 Å². The summed E-state index contributed by atoms with van der Waals surface area (Å²) in [6.45, 7) is 1.92. The van der Waals surface area contributed by atoms with Crippen molar-refractivity contribution in [3.05, 3.63) is 29.6 Å². The molecule has 1 aromatic rings. The van der Waals surface area contributed by atoms with Crippen LogP contribution in [-0.4, -0.2) is 16.3 Å².